The fraction of sp³-hybridized carbons (Fsp3) is 0.250. The summed E-state index contributed by atoms with van der Waals surface area (Å²) in [5, 5.41) is 13.1. The van der Waals surface area contributed by atoms with Gasteiger partial charge in [-0.3, -0.25) is 0 Å². The monoisotopic (exact) mass is 273 g/mol. The van der Waals surface area contributed by atoms with Crippen molar-refractivity contribution in [3.05, 3.63) is 59.4 Å². The third kappa shape index (κ3) is 2.60. The van der Waals surface area contributed by atoms with Crippen molar-refractivity contribution in [2.24, 2.45) is 0 Å². The molecule has 4 heteroatoms. The van der Waals surface area contributed by atoms with E-state index < -0.39 is 0 Å². The first kappa shape index (κ1) is 12.9. The van der Waals surface area contributed by atoms with Crippen molar-refractivity contribution in [1.82, 2.24) is 5.32 Å². The number of fused-ring (bicyclic) bond motifs is 1. The van der Waals surface area contributed by atoms with Gasteiger partial charge in [-0.2, -0.15) is 0 Å². The van der Waals surface area contributed by atoms with Gasteiger partial charge >= 0.3 is 0 Å². The van der Waals surface area contributed by atoms with Crippen LogP contribution in [0.15, 0.2) is 42.5 Å². The predicted molar refractivity (Wildman–Crippen MR) is 74.2 cm³/mol. The van der Waals surface area contributed by atoms with Crippen LogP contribution in [-0.4, -0.2) is 11.7 Å². The number of phenols is 1. The topological polar surface area (TPSA) is 41.5 Å². The highest BCUT2D eigenvalue weighted by Crippen LogP contribution is 2.32. The first-order valence-electron chi connectivity index (χ1n) is 6.66. The van der Waals surface area contributed by atoms with Crippen LogP contribution < -0.4 is 10.1 Å². The normalized spacial score (nSPS) is 17.4. The summed E-state index contributed by atoms with van der Waals surface area (Å²) in [6.45, 7) is 1.08. The van der Waals surface area contributed by atoms with E-state index in [0.717, 1.165) is 17.7 Å². The molecular formula is C16H16FNO2. The summed E-state index contributed by atoms with van der Waals surface area (Å²) in [4.78, 5) is 0. The van der Waals surface area contributed by atoms with Crippen LogP contribution in [0.5, 0.6) is 11.5 Å². The molecule has 1 heterocycles. The molecule has 0 radical (unpaired) electrons. The Labute approximate surface area is 117 Å². The molecule has 2 N–H and O–H groups in total. The number of para-hydroxylation sites is 1. The molecule has 0 aromatic heterocycles. The van der Waals surface area contributed by atoms with E-state index >= 15 is 0 Å². The fourth-order valence-corrected chi connectivity index (χ4v) is 2.48. The van der Waals surface area contributed by atoms with Gasteiger partial charge in [-0.15, -0.1) is 0 Å². The zero-order chi connectivity index (χ0) is 13.9. The molecular weight excluding hydrogens is 257 g/mol. The molecule has 3 nitrogen and oxygen atoms in total. The van der Waals surface area contributed by atoms with Crippen LogP contribution in [0.1, 0.15) is 23.6 Å². The van der Waals surface area contributed by atoms with Crippen LogP contribution in [0, 0.1) is 5.82 Å². The van der Waals surface area contributed by atoms with Crippen LogP contribution in [0.25, 0.3) is 0 Å². The Balaban J connectivity index is 1.75. The van der Waals surface area contributed by atoms with Crippen LogP contribution >= 0.6 is 0 Å². The maximum atomic E-state index is 13.2. The highest BCUT2D eigenvalue weighted by molar-refractivity contribution is 5.38. The van der Waals surface area contributed by atoms with Crippen LogP contribution in [-0.2, 0) is 6.54 Å². The molecule has 0 spiro atoms. The summed E-state index contributed by atoms with van der Waals surface area (Å²) >= 11 is 0. The minimum Gasteiger partial charge on any atom is -0.508 e. The van der Waals surface area contributed by atoms with Crippen molar-refractivity contribution in [1.29, 1.82) is 0 Å². The number of nitrogens with one attached hydrogen (secondary N) is 1. The lowest BCUT2D eigenvalue weighted by Gasteiger charge is -2.26. The zero-order valence-corrected chi connectivity index (χ0v) is 11.0. The van der Waals surface area contributed by atoms with Gasteiger partial charge in [-0.25, -0.2) is 4.39 Å². The minimum atomic E-state index is -0.341. The molecule has 0 saturated carbocycles. The number of hydrogen-bond acceptors (Lipinski definition) is 3. The van der Waals surface area contributed by atoms with Gasteiger partial charge in [0.1, 0.15) is 17.3 Å². The zero-order valence-electron chi connectivity index (χ0n) is 11.0. The van der Waals surface area contributed by atoms with Crippen molar-refractivity contribution in [2.75, 3.05) is 6.61 Å². The highest BCUT2D eigenvalue weighted by Gasteiger charge is 2.20. The molecule has 1 aliphatic rings. The SMILES string of the molecule is Oc1ccc(F)cc1CNC1CCOc2ccccc21. The molecule has 0 saturated heterocycles. The quantitative estimate of drug-likeness (QED) is 0.902. The van der Waals surface area contributed by atoms with Gasteiger partial charge < -0.3 is 15.2 Å². The Hall–Kier alpha value is -2.07. The largest absolute Gasteiger partial charge is 0.508 e. The lowest BCUT2D eigenvalue weighted by molar-refractivity contribution is 0.252. The van der Waals surface area contributed by atoms with Gasteiger partial charge in [0.25, 0.3) is 0 Å². The summed E-state index contributed by atoms with van der Waals surface area (Å²) in [7, 11) is 0. The Bertz CT molecular complexity index is 615. The second-order valence-corrected chi connectivity index (χ2v) is 4.88. The van der Waals surface area contributed by atoms with E-state index in [1.807, 2.05) is 24.3 Å². The molecule has 0 bridgehead atoms. The Morgan fingerprint density at radius 1 is 1.25 bits per heavy atom. The molecule has 1 unspecified atom stereocenters. The number of hydrogen-bond donors (Lipinski definition) is 2. The van der Waals surface area contributed by atoms with E-state index in [2.05, 4.69) is 5.32 Å². The first-order chi connectivity index (χ1) is 9.74. The average Bonchev–Trinajstić information content (AvgIpc) is 2.48. The molecule has 0 fully saturated rings. The first-order valence-corrected chi connectivity index (χ1v) is 6.66. The van der Waals surface area contributed by atoms with E-state index in [4.69, 9.17) is 4.74 Å². The van der Waals surface area contributed by atoms with Crippen LogP contribution in [0.2, 0.25) is 0 Å². The number of benzene rings is 2. The highest BCUT2D eigenvalue weighted by atomic mass is 19.1. The molecule has 1 atom stereocenters. The molecule has 104 valence electrons. The Morgan fingerprint density at radius 3 is 3.00 bits per heavy atom. The van der Waals surface area contributed by atoms with Crippen molar-refractivity contribution in [3.63, 3.8) is 0 Å². The van der Waals surface area contributed by atoms with Crippen molar-refractivity contribution < 1.29 is 14.2 Å². The van der Waals surface area contributed by atoms with Gasteiger partial charge in [0.2, 0.25) is 0 Å². The molecule has 20 heavy (non-hydrogen) atoms. The summed E-state index contributed by atoms with van der Waals surface area (Å²) in [5.74, 6) is 0.658. The summed E-state index contributed by atoms with van der Waals surface area (Å²) < 4.78 is 18.8. The fourth-order valence-electron chi connectivity index (χ4n) is 2.48. The molecule has 0 amide bonds. The maximum absolute atomic E-state index is 13.2. The number of halogens is 1. The standard InChI is InChI=1S/C16H16FNO2/c17-12-5-6-15(19)11(9-12)10-18-14-7-8-20-16-4-2-1-3-13(14)16/h1-6,9,14,18-19H,7-8,10H2. The lowest BCUT2D eigenvalue weighted by atomic mass is 10.0. The number of phenolic OH excluding ortho intramolecular Hbond substituents is 1. The number of ether oxygens (including phenoxy) is 1. The predicted octanol–water partition coefficient (Wildman–Crippen LogP) is 3.14. The van der Waals surface area contributed by atoms with Crippen molar-refractivity contribution >= 4 is 0 Å². The second kappa shape index (κ2) is 5.51. The maximum Gasteiger partial charge on any atom is 0.124 e. The van der Waals surface area contributed by atoms with Crippen LogP contribution in [0.3, 0.4) is 0 Å². The number of aromatic hydroxyl groups is 1. The second-order valence-electron chi connectivity index (χ2n) is 4.88. The van der Waals surface area contributed by atoms with Crippen molar-refractivity contribution in [2.45, 2.75) is 19.0 Å². The Kier molecular flexibility index (Phi) is 3.56. The van der Waals surface area contributed by atoms with Gasteiger partial charge in [-0.1, -0.05) is 18.2 Å². The third-order valence-corrected chi connectivity index (χ3v) is 3.54. The summed E-state index contributed by atoms with van der Waals surface area (Å²) in [6.07, 6.45) is 0.854. The lowest BCUT2D eigenvalue weighted by Crippen LogP contribution is -2.26. The molecule has 2 aromatic rings. The van der Waals surface area contributed by atoms with E-state index in [0.29, 0.717) is 18.7 Å². The molecule has 2 aromatic carbocycles. The van der Waals surface area contributed by atoms with Gasteiger partial charge in [0.05, 0.1) is 6.61 Å². The molecule has 0 aliphatic carbocycles. The smallest absolute Gasteiger partial charge is 0.124 e. The minimum absolute atomic E-state index is 0.110. The van der Waals surface area contributed by atoms with Gasteiger partial charge in [0.15, 0.2) is 0 Å². The Morgan fingerprint density at radius 2 is 2.10 bits per heavy atom. The summed E-state index contributed by atoms with van der Waals surface area (Å²) in [6, 6.07) is 12.0. The third-order valence-electron chi connectivity index (χ3n) is 3.54. The number of rotatable bonds is 3. The van der Waals surface area contributed by atoms with E-state index in [1.165, 1.54) is 18.2 Å². The van der Waals surface area contributed by atoms with Gasteiger partial charge in [-0.05, 0) is 24.3 Å². The molecule has 1 aliphatic heterocycles. The van der Waals surface area contributed by atoms with E-state index in [1.54, 1.807) is 0 Å². The van der Waals surface area contributed by atoms with E-state index in [9.17, 15) is 9.50 Å². The van der Waals surface area contributed by atoms with E-state index in [-0.39, 0.29) is 17.6 Å². The average molecular weight is 273 g/mol. The van der Waals surface area contributed by atoms with Crippen molar-refractivity contribution in [3.8, 4) is 11.5 Å². The molecule has 3 rings (SSSR count). The van der Waals surface area contributed by atoms with Gasteiger partial charge in [0, 0.05) is 30.1 Å². The summed E-state index contributed by atoms with van der Waals surface area (Å²) in [5.41, 5.74) is 1.67. The van der Waals surface area contributed by atoms with Crippen LogP contribution in [0.4, 0.5) is 4.39 Å².